The Morgan fingerprint density at radius 1 is 1.29 bits per heavy atom. The van der Waals surface area contributed by atoms with E-state index >= 15 is 0 Å². The van der Waals surface area contributed by atoms with Gasteiger partial charge in [-0.1, -0.05) is 19.4 Å². The van der Waals surface area contributed by atoms with Crippen molar-refractivity contribution in [3.63, 3.8) is 0 Å². The first kappa shape index (κ1) is 12.7. The molecule has 3 atom stereocenters. The Labute approximate surface area is 104 Å². The largest absolute Gasteiger partial charge is 0.463 e. The molecule has 2 aliphatic rings. The van der Waals surface area contributed by atoms with Crippen LogP contribution in [0.25, 0.3) is 0 Å². The molecule has 0 N–H and O–H groups in total. The van der Waals surface area contributed by atoms with E-state index in [-0.39, 0.29) is 5.97 Å². The lowest BCUT2D eigenvalue weighted by Crippen LogP contribution is -2.29. The SMILES string of the molecule is CCOC(=O)C1=C2C[C@@H](C)CC[C@H]2[C@H](C)CC1. The normalized spacial score (nSPS) is 33.2. The predicted octanol–water partition coefficient (Wildman–Crippen LogP) is 3.71. The summed E-state index contributed by atoms with van der Waals surface area (Å²) < 4.78 is 5.20. The van der Waals surface area contributed by atoms with Crippen LogP contribution in [-0.4, -0.2) is 12.6 Å². The molecule has 0 aromatic carbocycles. The number of esters is 1. The lowest BCUT2D eigenvalue weighted by Gasteiger charge is -2.38. The van der Waals surface area contributed by atoms with Gasteiger partial charge < -0.3 is 4.74 Å². The zero-order chi connectivity index (χ0) is 12.4. The van der Waals surface area contributed by atoms with Gasteiger partial charge in [0.15, 0.2) is 0 Å². The molecule has 0 unspecified atom stereocenters. The fourth-order valence-electron chi connectivity index (χ4n) is 3.43. The van der Waals surface area contributed by atoms with E-state index in [2.05, 4.69) is 13.8 Å². The molecular weight excluding hydrogens is 212 g/mol. The molecule has 0 aromatic heterocycles. The molecule has 0 aliphatic heterocycles. The summed E-state index contributed by atoms with van der Waals surface area (Å²) in [5.74, 6) is 2.08. The van der Waals surface area contributed by atoms with Gasteiger partial charge in [-0.25, -0.2) is 4.79 Å². The van der Waals surface area contributed by atoms with Crippen molar-refractivity contribution in [1.82, 2.24) is 0 Å². The number of hydrogen-bond donors (Lipinski definition) is 0. The molecule has 0 amide bonds. The van der Waals surface area contributed by atoms with Crippen LogP contribution in [0.3, 0.4) is 0 Å². The van der Waals surface area contributed by atoms with Gasteiger partial charge in [0.25, 0.3) is 0 Å². The Bertz CT molecular complexity index is 330. The summed E-state index contributed by atoms with van der Waals surface area (Å²) in [6, 6.07) is 0. The van der Waals surface area contributed by atoms with Crippen molar-refractivity contribution in [2.24, 2.45) is 17.8 Å². The van der Waals surface area contributed by atoms with E-state index in [0.717, 1.165) is 36.7 Å². The minimum Gasteiger partial charge on any atom is -0.463 e. The number of allylic oxidation sites excluding steroid dienone is 1. The molecule has 1 saturated carbocycles. The smallest absolute Gasteiger partial charge is 0.333 e. The number of carbonyl (C=O) groups is 1. The van der Waals surface area contributed by atoms with Crippen LogP contribution in [0, 0.1) is 17.8 Å². The van der Waals surface area contributed by atoms with Gasteiger partial charge in [-0.2, -0.15) is 0 Å². The Balaban J connectivity index is 2.26. The highest BCUT2D eigenvalue weighted by Crippen LogP contribution is 2.45. The number of hydrogen-bond acceptors (Lipinski definition) is 2. The van der Waals surface area contributed by atoms with Gasteiger partial charge in [0.05, 0.1) is 6.61 Å². The maximum absolute atomic E-state index is 12.0. The van der Waals surface area contributed by atoms with Gasteiger partial charge in [-0.3, -0.25) is 0 Å². The molecule has 0 radical (unpaired) electrons. The molecule has 0 saturated heterocycles. The van der Waals surface area contributed by atoms with Crippen molar-refractivity contribution in [2.75, 3.05) is 6.61 Å². The summed E-state index contributed by atoms with van der Waals surface area (Å²) >= 11 is 0. The number of fused-ring (bicyclic) bond motifs is 1. The number of ether oxygens (including phenoxy) is 1. The van der Waals surface area contributed by atoms with Crippen molar-refractivity contribution < 1.29 is 9.53 Å². The van der Waals surface area contributed by atoms with Crippen molar-refractivity contribution in [1.29, 1.82) is 0 Å². The Morgan fingerprint density at radius 3 is 2.76 bits per heavy atom. The van der Waals surface area contributed by atoms with E-state index in [9.17, 15) is 4.79 Å². The first-order valence-electron chi connectivity index (χ1n) is 7.02. The zero-order valence-corrected chi connectivity index (χ0v) is 11.3. The second-order valence-electron chi connectivity index (χ2n) is 5.73. The van der Waals surface area contributed by atoms with Gasteiger partial charge in [0, 0.05) is 5.57 Å². The topological polar surface area (TPSA) is 26.3 Å². The quantitative estimate of drug-likeness (QED) is 0.683. The third-order valence-electron chi connectivity index (χ3n) is 4.43. The first-order chi connectivity index (χ1) is 8.13. The van der Waals surface area contributed by atoms with Crippen molar-refractivity contribution >= 4 is 5.97 Å². The van der Waals surface area contributed by atoms with E-state index in [0.29, 0.717) is 12.5 Å². The summed E-state index contributed by atoms with van der Waals surface area (Å²) in [5, 5.41) is 0. The lowest BCUT2D eigenvalue weighted by molar-refractivity contribution is -0.139. The van der Waals surface area contributed by atoms with Gasteiger partial charge in [-0.15, -0.1) is 0 Å². The summed E-state index contributed by atoms with van der Waals surface area (Å²) in [5.41, 5.74) is 2.45. The third kappa shape index (κ3) is 2.56. The molecule has 2 aliphatic carbocycles. The van der Waals surface area contributed by atoms with Crippen LogP contribution in [-0.2, 0) is 9.53 Å². The molecule has 1 fully saturated rings. The van der Waals surface area contributed by atoms with E-state index in [1.165, 1.54) is 18.4 Å². The molecule has 0 aromatic rings. The van der Waals surface area contributed by atoms with Gasteiger partial charge >= 0.3 is 5.97 Å². The second kappa shape index (κ2) is 5.24. The second-order valence-corrected chi connectivity index (χ2v) is 5.73. The monoisotopic (exact) mass is 236 g/mol. The van der Waals surface area contributed by atoms with Crippen LogP contribution >= 0.6 is 0 Å². The Kier molecular flexibility index (Phi) is 3.90. The fourth-order valence-corrected chi connectivity index (χ4v) is 3.43. The van der Waals surface area contributed by atoms with Crippen LogP contribution in [0.5, 0.6) is 0 Å². The molecule has 2 nitrogen and oxygen atoms in total. The molecule has 0 spiro atoms. The minimum absolute atomic E-state index is 0.0477. The highest BCUT2D eigenvalue weighted by atomic mass is 16.5. The van der Waals surface area contributed by atoms with Crippen LogP contribution in [0.4, 0.5) is 0 Å². The van der Waals surface area contributed by atoms with Gasteiger partial charge in [-0.05, 0) is 56.8 Å². The summed E-state index contributed by atoms with van der Waals surface area (Å²) in [7, 11) is 0. The molecule has 2 rings (SSSR count). The molecular formula is C15H24O2. The molecule has 17 heavy (non-hydrogen) atoms. The average molecular weight is 236 g/mol. The molecule has 96 valence electrons. The summed E-state index contributed by atoms with van der Waals surface area (Å²) in [4.78, 5) is 12.0. The van der Waals surface area contributed by atoms with Crippen molar-refractivity contribution in [3.8, 4) is 0 Å². The molecule has 0 bridgehead atoms. The first-order valence-corrected chi connectivity index (χ1v) is 7.02. The Hall–Kier alpha value is -0.790. The van der Waals surface area contributed by atoms with E-state index < -0.39 is 0 Å². The van der Waals surface area contributed by atoms with Gasteiger partial charge in [0.2, 0.25) is 0 Å². The standard InChI is InChI=1S/C15H24O2/c1-4-17-15(16)13-8-6-11(3)12-7-5-10(2)9-14(12)13/h10-12H,4-9H2,1-3H3/t10-,11+,12-/m0/s1. The van der Waals surface area contributed by atoms with Crippen LogP contribution in [0.15, 0.2) is 11.1 Å². The average Bonchev–Trinajstić information content (AvgIpc) is 2.29. The van der Waals surface area contributed by atoms with E-state index in [4.69, 9.17) is 4.74 Å². The van der Waals surface area contributed by atoms with E-state index in [1.807, 2.05) is 6.92 Å². The molecule has 0 heterocycles. The number of carbonyl (C=O) groups excluding carboxylic acids is 1. The maximum Gasteiger partial charge on any atom is 0.333 e. The van der Waals surface area contributed by atoms with E-state index in [1.54, 1.807) is 0 Å². The highest BCUT2D eigenvalue weighted by molar-refractivity contribution is 5.89. The predicted molar refractivity (Wildman–Crippen MR) is 68.6 cm³/mol. The van der Waals surface area contributed by atoms with Crippen molar-refractivity contribution in [3.05, 3.63) is 11.1 Å². The fraction of sp³-hybridized carbons (Fsp3) is 0.800. The number of rotatable bonds is 2. The van der Waals surface area contributed by atoms with Crippen molar-refractivity contribution in [2.45, 2.75) is 52.9 Å². The summed E-state index contributed by atoms with van der Waals surface area (Å²) in [6.45, 7) is 7.01. The maximum atomic E-state index is 12.0. The lowest BCUT2D eigenvalue weighted by atomic mass is 9.67. The minimum atomic E-state index is -0.0477. The zero-order valence-electron chi connectivity index (χ0n) is 11.3. The Morgan fingerprint density at radius 2 is 2.06 bits per heavy atom. The van der Waals surface area contributed by atoms with Gasteiger partial charge in [0.1, 0.15) is 0 Å². The third-order valence-corrected chi connectivity index (χ3v) is 4.43. The highest BCUT2D eigenvalue weighted by Gasteiger charge is 2.35. The van der Waals surface area contributed by atoms with Crippen LogP contribution < -0.4 is 0 Å². The molecule has 2 heteroatoms. The van der Waals surface area contributed by atoms with Crippen LogP contribution in [0.2, 0.25) is 0 Å². The van der Waals surface area contributed by atoms with Crippen LogP contribution in [0.1, 0.15) is 52.9 Å². The summed E-state index contributed by atoms with van der Waals surface area (Å²) in [6.07, 6.45) is 5.77.